The fourth-order valence-electron chi connectivity index (χ4n) is 1.52. The van der Waals surface area contributed by atoms with Crippen LogP contribution in [0.2, 0.25) is 0 Å². The Balaban J connectivity index is 3.75. The van der Waals surface area contributed by atoms with Gasteiger partial charge in [0.15, 0.2) is 0 Å². The Morgan fingerprint density at radius 1 is 0.700 bits per heavy atom. The van der Waals surface area contributed by atoms with Crippen LogP contribution in [0, 0.1) is 0 Å². The lowest BCUT2D eigenvalue weighted by molar-refractivity contribution is -0.147. The molecule has 0 bridgehead atoms. The number of hydrogen-bond donors (Lipinski definition) is 0. The first-order valence-electron chi connectivity index (χ1n) is 4.86. The average molecular weight is 328 g/mol. The molecule has 10 heteroatoms. The molecule has 1 atom stereocenters. The van der Waals surface area contributed by atoms with E-state index in [1.807, 2.05) is 0 Å². The Morgan fingerprint density at radius 2 is 1.05 bits per heavy atom. The Morgan fingerprint density at radius 3 is 1.25 bits per heavy atom. The van der Waals surface area contributed by atoms with E-state index < -0.39 is 49.1 Å². The van der Waals surface area contributed by atoms with Crippen LogP contribution in [0.1, 0.15) is 16.7 Å². The highest BCUT2D eigenvalue weighted by molar-refractivity contribution is 7.46. The van der Waals surface area contributed by atoms with Crippen LogP contribution in [0.25, 0.3) is 0 Å². The van der Waals surface area contributed by atoms with Gasteiger partial charge in [-0.2, -0.15) is 39.5 Å². The molecule has 0 heterocycles. The average Bonchev–Trinajstić information content (AvgIpc) is 2.23. The second-order valence-corrected chi connectivity index (χ2v) is 4.69. The van der Waals surface area contributed by atoms with E-state index in [9.17, 15) is 39.5 Å². The summed E-state index contributed by atoms with van der Waals surface area (Å²) in [5.74, 6) is 0. The molecule has 0 aliphatic rings. The van der Waals surface area contributed by atoms with Gasteiger partial charge in [0, 0.05) is 0 Å². The van der Waals surface area contributed by atoms with Crippen molar-refractivity contribution in [2.24, 2.45) is 0 Å². The van der Waals surface area contributed by atoms with Gasteiger partial charge in [-0.15, -0.1) is 0 Å². The third-order valence-electron chi connectivity index (χ3n) is 2.33. The molecule has 0 radical (unpaired) electrons. The van der Waals surface area contributed by atoms with E-state index >= 15 is 0 Å². The molecule has 0 saturated heterocycles. The predicted octanol–water partition coefficient (Wildman–Crippen LogP) is 4.68. The van der Waals surface area contributed by atoms with E-state index in [1.54, 1.807) is 0 Å². The van der Waals surface area contributed by atoms with Crippen LogP contribution >= 0.6 is 8.58 Å². The third kappa shape index (κ3) is 3.56. The predicted molar refractivity (Wildman–Crippen MR) is 55.3 cm³/mol. The van der Waals surface area contributed by atoms with Gasteiger partial charge in [-0.05, 0) is 24.1 Å². The molecule has 0 fully saturated rings. The number of halogens is 9. The van der Waals surface area contributed by atoms with E-state index in [1.165, 1.54) is 0 Å². The van der Waals surface area contributed by atoms with Crippen molar-refractivity contribution in [2.75, 3.05) is 6.66 Å². The zero-order chi connectivity index (χ0) is 15.9. The van der Waals surface area contributed by atoms with Crippen LogP contribution < -0.4 is 5.30 Å². The minimum atomic E-state index is -5.30. The highest BCUT2D eigenvalue weighted by atomic mass is 31.1. The second-order valence-electron chi connectivity index (χ2n) is 3.69. The normalized spacial score (nSPS) is 14.3. The molecule has 0 aromatic heterocycles. The van der Waals surface area contributed by atoms with Crippen LogP contribution in [-0.2, 0) is 18.5 Å². The number of hydrogen-bond acceptors (Lipinski definition) is 0. The number of benzene rings is 1. The fourth-order valence-corrected chi connectivity index (χ4v) is 2.49. The molecule has 1 aromatic carbocycles. The zero-order valence-electron chi connectivity index (χ0n) is 9.56. The SMILES string of the molecule is CPc1c(C(F)(F)F)cc(C(F)(F)F)cc1C(F)(F)F. The van der Waals surface area contributed by atoms with Gasteiger partial charge in [0.25, 0.3) is 0 Å². The van der Waals surface area contributed by atoms with Crippen molar-refractivity contribution in [1.29, 1.82) is 0 Å². The quantitative estimate of drug-likeness (QED) is 0.519. The van der Waals surface area contributed by atoms with Gasteiger partial charge in [0.05, 0.1) is 16.7 Å². The van der Waals surface area contributed by atoms with Gasteiger partial charge in [-0.25, -0.2) is 0 Å². The molecule has 0 amide bonds. The topological polar surface area (TPSA) is 0 Å². The summed E-state index contributed by atoms with van der Waals surface area (Å²) in [5, 5.41) is -1.17. The molecule has 1 unspecified atom stereocenters. The van der Waals surface area contributed by atoms with E-state index in [0.717, 1.165) is 6.66 Å². The van der Waals surface area contributed by atoms with Crippen LogP contribution in [0.5, 0.6) is 0 Å². The van der Waals surface area contributed by atoms with Crippen molar-refractivity contribution >= 4 is 13.9 Å². The van der Waals surface area contributed by atoms with Gasteiger partial charge >= 0.3 is 18.5 Å². The Hall–Kier alpha value is -0.980. The molecular weight excluding hydrogens is 322 g/mol. The molecule has 0 N–H and O–H groups in total. The lowest BCUT2D eigenvalue weighted by Gasteiger charge is -2.20. The maximum atomic E-state index is 12.6. The number of alkyl halides is 9. The molecule has 0 aliphatic carbocycles. The van der Waals surface area contributed by atoms with Crippen molar-refractivity contribution in [3.63, 3.8) is 0 Å². The molecule has 1 rings (SSSR count). The first kappa shape index (κ1) is 17.1. The fraction of sp³-hybridized carbons (Fsp3) is 0.400. The first-order chi connectivity index (χ1) is 8.78. The monoisotopic (exact) mass is 328 g/mol. The Kier molecular flexibility index (Phi) is 4.35. The Labute approximate surface area is 108 Å². The van der Waals surface area contributed by atoms with Crippen molar-refractivity contribution < 1.29 is 39.5 Å². The van der Waals surface area contributed by atoms with Gasteiger partial charge in [-0.1, -0.05) is 8.58 Å². The van der Waals surface area contributed by atoms with Crippen LogP contribution in [-0.4, -0.2) is 6.66 Å². The summed E-state index contributed by atoms with van der Waals surface area (Å²) in [6, 6.07) is -0.581. The second kappa shape index (κ2) is 5.09. The smallest absolute Gasteiger partial charge is 0.166 e. The molecule has 1 aromatic rings. The van der Waals surface area contributed by atoms with Crippen molar-refractivity contribution in [1.82, 2.24) is 0 Å². The summed E-state index contributed by atoms with van der Waals surface area (Å²) in [4.78, 5) is 0. The summed E-state index contributed by atoms with van der Waals surface area (Å²) in [5.41, 5.74) is -5.78. The highest BCUT2D eigenvalue weighted by Gasteiger charge is 2.44. The van der Waals surface area contributed by atoms with Gasteiger partial charge < -0.3 is 0 Å². The summed E-state index contributed by atoms with van der Waals surface area (Å²) < 4.78 is 113. The minimum absolute atomic E-state index is 0.291. The summed E-state index contributed by atoms with van der Waals surface area (Å²) in [6.07, 6.45) is -15.9. The van der Waals surface area contributed by atoms with Crippen LogP contribution in [0.3, 0.4) is 0 Å². The molecule has 0 saturated carbocycles. The standard InChI is InChI=1S/C10H6F9P/c1-20-7-5(9(14,15)16)2-4(8(11,12)13)3-6(7)10(17,18)19/h2-3,20H,1H3. The van der Waals surface area contributed by atoms with E-state index in [2.05, 4.69) is 0 Å². The first-order valence-corrected chi connectivity index (χ1v) is 6.36. The molecule has 114 valence electrons. The molecule has 0 spiro atoms. The van der Waals surface area contributed by atoms with Crippen LogP contribution in [0.15, 0.2) is 12.1 Å². The maximum absolute atomic E-state index is 12.6. The number of rotatable bonds is 1. The molecule has 0 nitrogen and oxygen atoms in total. The van der Waals surface area contributed by atoms with E-state index in [4.69, 9.17) is 0 Å². The van der Waals surface area contributed by atoms with Gasteiger partial charge in [0.2, 0.25) is 0 Å². The largest absolute Gasteiger partial charge is 0.417 e. The minimum Gasteiger partial charge on any atom is -0.166 e. The third-order valence-corrected chi connectivity index (χ3v) is 3.37. The molecule has 20 heavy (non-hydrogen) atoms. The maximum Gasteiger partial charge on any atom is 0.417 e. The highest BCUT2D eigenvalue weighted by Crippen LogP contribution is 2.41. The molecular formula is C10H6F9P. The summed E-state index contributed by atoms with van der Waals surface area (Å²) in [7, 11) is -0.953. The summed E-state index contributed by atoms with van der Waals surface area (Å²) in [6.45, 7) is 1.03. The summed E-state index contributed by atoms with van der Waals surface area (Å²) >= 11 is 0. The van der Waals surface area contributed by atoms with Crippen molar-refractivity contribution in [3.05, 3.63) is 28.8 Å². The lowest BCUT2D eigenvalue weighted by Crippen LogP contribution is -2.26. The molecule has 0 aliphatic heterocycles. The van der Waals surface area contributed by atoms with Gasteiger partial charge in [-0.3, -0.25) is 0 Å². The van der Waals surface area contributed by atoms with E-state index in [-0.39, 0.29) is 12.1 Å². The van der Waals surface area contributed by atoms with E-state index in [0.29, 0.717) is 0 Å². The lowest BCUT2D eigenvalue weighted by atomic mass is 10.0. The zero-order valence-corrected chi connectivity index (χ0v) is 10.6. The van der Waals surface area contributed by atoms with Crippen LogP contribution in [0.4, 0.5) is 39.5 Å². The van der Waals surface area contributed by atoms with Gasteiger partial charge in [0.1, 0.15) is 0 Å². The Bertz CT molecular complexity index is 460. The van der Waals surface area contributed by atoms with Crippen molar-refractivity contribution in [3.8, 4) is 0 Å². The van der Waals surface area contributed by atoms with Crippen molar-refractivity contribution in [2.45, 2.75) is 18.5 Å².